The molecule has 0 aliphatic carbocycles. The third kappa shape index (κ3) is 3.73. The standard InChI is InChI=1S/C17H23N5O3S/c1-4-15-18-9-11-22(15)10-5-8-19-26(23,24)16-7-6-14(25-16)17-12(2)13(3)20-21-17/h6-7,9,11,19H,4-5,8,10H2,1-3H3,(H,20,21). The molecule has 2 N–H and O–H groups in total. The average Bonchev–Trinajstić information content (AvgIpc) is 3.33. The zero-order valence-electron chi connectivity index (χ0n) is 15.1. The molecule has 0 aliphatic rings. The lowest BCUT2D eigenvalue weighted by Gasteiger charge is -2.07. The van der Waals surface area contributed by atoms with Crippen LogP contribution in [0.25, 0.3) is 11.5 Å². The summed E-state index contributed by atoms with van der Waals surface area (Å²) in [7, 11) is -3.69. The number of nitrogens with zero attached hydrogens (tertiary/aromatic N) is 3. The topological polar surface area (TPSA) is 106 Å². The highest BCUT2D eigenvalue weighted by Crippen LogP contribution is 2.26. The molecule has 0 radical (unpaired) electrons. The molecule has 3 aromatic rings. The summed E-state index contributed by atoms with van der Waals surface area (Å²) in [6.45, 7) is 6.88. The minimum Gasteiger partial charge on any atom is -0.442 e. The summed E-state index contributed by atoms with van der Waals surface area (Å²) in [4.78, 5) is 4.25. The Morgan fingerprint density at radius 2 is 2.12 bits per heavy atom. The Labute approximate surface area is 152 Å². The highest BCUT2D eigenvalue weighted by Gasteiger charge is 2.20. The van der Waals surface area contributed by atoms with E-state index in [0.29, 0.717) is 31.0 Å². The molecule has 140 valence electrons. The first-order valence-electron chi connectivity index (χ1n) is 8.54. The predicted molar refractivity (Wildman–Crippen MR) is 97.2 cm³/mol. The fourth-order valence-corrected chi connectivity index (χ4v) is 3.70. The molecule has 3 aromatic heterocycles. The summed E-state index contributed by atoms with van der Waals surface area (Å²) in [5.41, 5.74) is 2.48. The van der Waals surface area contributed by atoms with Crippen molar-refractivity contribution in [2.75, 3.05) is 6.54 Å². The van der Waals surface area contributed by atoms with Crippen LogP contribution in [0, 0.1) is 13.8 Å². The molecular formula is C17H23N5O3S. The number of H-pyrrole nitrogens is 1. The molecule has 9 heteroatoms. The van der Waals surface area contributed by atoms with Crippen LogP contribution < -0.4 is 4.72 Å². The zero-order chi connectivity index (χ0) is 18.7. The van der Waals surface area contributed by atoms with E-state index in [2.05, 4.69) is 19.9 Å². The van der Waals surface area contributed by atoms with Crippen LogP contribution in [-0.2, 0) is 23.0 Å². The van der Waals surface area contributed by atoms with E-state index >= 15 is 0 Å². The molecule has 3 rings (SSSR count). The quantitative estimate of drug-likeness (QED) is 0.587. The molecule has 0 bridgehead atoms. The van der Waals surface area contributed by atoms with Gasteiger partial charge in [-0.15, -0.1) is 0 Å². The van der Waals surface area contributed by atoms with Crippen LogP contribution in [0.5, 0.6) is 0 Å². The van der Waals surface area contributed by atoms with Gasteiger partial charge in [0.1, 0.15) is 11.5 Å². The molecular weight excluding hydrogens is 354 g/mol. The van der Waals surface area contributed by atoms with Gasteiger partial charge in [0, 0.05) is 43.2 Å². The first-order valence-corrected chi connectivity index (χ1v) is 10.0. The fraction of sp³-hybridized carbons (Fsp3) is 0.412. The fourth-order valence-electron chi connectivity index (χ4n) is 2.70. The number of nitrogens with one attached hydrogen (secondary N) is 2. The number of imidazole rings is 1. The molecule has 0 saturated carbocycles. The Balaban J connectivity index is 1.61. The lowest BCUT2D eigenvalue weighted by Crippen LogP contribution is -2.25. The number of hydrogen-bond donors (Lipinski definition) is 2. The summed E-state index contributed by atoms with van der Waals surface area (Å²) >= 11 is 0. The highest BCUT2D eigenvalue weighted by atomic mass is 32.2. The van der Waals surface area contributed by atoms with Crippen LogP contribution >= 0.6 is 0 Å². The Hall–Kier alpha value is -2.39. The average molecular weight is 377 g/mol. The molecule has 0 fully saturated rings. The van der Waals surface area contributed by atoms with E-state index in [1.807, 2.05) is 31.5 Å². The van der Waals surface area contributed by atoms with Gasteiger partial charge in [-0.3, -0.25) is 5.10 Å². The summed E-state index contributed by atoms with van der Waals surface area (Å²) < 4.78 is 34.9. The normalized spacial score (nSPS) is 12.0. The number of aromatic amines is 1. The van der Waals surface area contributed by atoms with E-state index < -0.39 is 10.0 Å². The minimum absolute atomic E-state index is 0.107. The van der Waals surface area contributed by atoms with Crippen molar-refractivity contribution in [2.24, 2.45) is 0 Å². The molecule has 0 unspecified atom stereocenters. The van der Waals surface area contributed by atoms with Gasteiger partial charge in [-0.25, -0.2) is 18.1 Å². The second-order valence-corrected chi connectivity index (χ2v) is 7.78. The van der Waals surface area contributed by atoms with E-state index in [0.717, 1.165) is 23.5 Å². The third-order valence-electron chi connectivity index (χ3n) is 4.32. The molecule has 0 aliphatic heterocycles. The van der Waals surface area contributed by atoms with Crippen molar-refractivity contribution < 1.29 is 12.8 Å². The lowest BCUT2D eigenvalue weighted by atomic mass is 10.2. The number of rotatable bonds is 8. The molecule has 0 atom stereocenters. The SMILES string of the molecule is CCc1nccn1CCCNS(=O)(=O)c1ccc(-c2n[nH]c(C)c2C)o1. The second-order valence-electron chi connectivity index (χ2n) is 6.08. The molecule has 0 spiro atoms. The first-order chi connectivity index (χ1) is 12.4. The van der Waals surface area contributed by atoms with E-state index in [9.17, 15) is 8.42 Å². The van der Waals surface area contributed by atoms with Crippen molar-refractivity contribution >= 4 is 10.0 Å². The minimum atomic E-state index is -3.69. The molecule has 8 nitrogen and oxygen atoms in total. The summed E-state index contributed by atoms with van der Waals surface area (Å²) in [5, 5.41) is 6.92. The second kappa shape index (κ2) is 7.46. The van der Waals surface area contributed by atoms with Crippen molar-refractivity contribution in [2.45, 2.75) is 45.2 Å². The summed E-state index contributed by atoms with van der Waals surface area (Å²) in [5.74, 6) is 1.42. The van der Waals surface area contributed by atoms with Gasteiger partial charge >= 0.3 is 0 Å². The van der Waals surface area contributed by atoms with Gasteiger partial charge < -0.3 is 8.98 Å². The van der Waals surface area contributed by atoms with Crippen molar-refractivity contribution in [3.8, 4) is 11.5 Å². The maximum Gasteiger partial charge on any atom is 0.273 e. The van der Waals surface area contributed by atoms with E-state index in [1.54, 1.807) is 12.3 Å². The van der Waals surface area contributed by atoms with Crippen molar-refractivity contribution in [3.63, 3.8) is 0 Å². The molecule has 26 heavy (non-hydrogen) atoms. The lowest BCUT2D eigenvalue weighted by molar-refractivity contribution is 0.453. The number of hydrogen-bond acceptors (Lipinski definition) is 5. The van der Waals surface area contributed by atoms with Gasteiger partial charge in [-0.1, -0.05) is 6.92 Å². The van der Waals surface area contributed by atoms with Gasteiger partial charge in [0.2, 0.25) is 5.09 Å². The Morgan fingerprint density at radius 1 is 1.31 bits per heavy atom. The smallest absolute Gasteiger partial charge is 0.273 e. The van der Waals surface area contributed by atoms with E-state index in [-0.39, 0.29) is 5.09 Å². The molecule has 0 aromatic carbocycles. The van der Waals surface area contributed by atoms with Gasteiger partial charge in [0.25, 0.3) is 10.0 Å². The van der Waals surface area contributed by atoms with E-state index in [1.165, 1.54) is 6.07 Å². The van der Waals surface area contributed by atoms with Crippen molar-refractivity contribution in [3.05, 3.63) is 41.6 Å². The third-order valence-corrected chi connectivity index (χ3v) is 5.65. The zero-order valence-corrected chi connectivity index (χ0v) is 15.9. The summed E-state index contributed by atoms with van der Waals surface area (Å²) in [6.07, 6.45) is 5.17. The van der Waals surface area contributed by atoms with Gasteiger partial charge in [0.15, 0.2) is 5.76 Å². The van der Waals surface area contributed by atoms with Crippen LogP contribution in [0.1, 0.15) is 30.4 Å². The maximum atomic E-state index is 12.4. The molecule has 3 heterocycles. The first kappa shape index (κ1) is 18.4. The van der Waals surface area contributed by atoms with Crippen molar-refractivity contribution in [1.29, 1.82) is 0 Å². The van der Waals surface area contributed by atoms with E-state index in [4.69, 9.17) is 4.42 Å². The monoisotopic (exact) mass is 377 g/mol. The number of sulfonamides is 1. The van der Waals surface area contributed by atoms with Crippen LogP contribution in [0.2, 0.25) is 0 Å². The molecule has 0 saturated heterocycles. The highest BCUT2D eigenvalue weighted by molar-refractivity contribution is 7.89. The maximum absolute atomic E-state index is 12.4. The van der Waals surface area contributed by atoms with Gasteiger partial charge in [0.05, 0.1) is 0 Å². The Bertz CT molecular complexity index is 984. The van der Waals surface area contributed by atoms with Crippen LogP contribution in [0.15, 0.2) is 34.0 Å². The largest absolute Gasteiger partial charge is 0.442 e. The van der Waals surface area contributed by atoms with Crippen LogP contribution in [0.3, 0.4) is 0 Å². The van der Waals surface area contributed by atoms with Gasteiger partial charge in [-0.2, -0.15) is 5.10 Å². The van der Waals surface area contributed by atoms with Gasteiger partial charge in [-0.05, 0) is 32.4 Å². The number of furan rings is 1. The number of aryl methyl sites for hydroxylation is 3. The van der Waals surface area contributed by atoms with Crippen molar-refractivity contribution in [1.82, 2.24) is 24.5 Å². The summed E-state index contributed by atoms with van der Waals surface area (Å²) in [6, 6.07) is 3.07. The Morgan fingerprint density at radius 3 is 2.81 bits per heavy atom. The molecule has 0 amide bonds. The van der Waals surface area contributed by atoms with Crippen LogP contribution in [-0.4, -0.2) is 34.7 Å². The Kier molecular flexibility index (Phi) is 5.28. The number of aromatic nitrogens is 4. The van der Waals surface area contributed by atoms with Crippen LogP contribution in [0.4, 0.5) is 0 Å². The predicted octanol–water partition coefficient (Wildman–Crippen LogP) is 2.41.